The van der Waals surface area contributed by atoms with Gasteiger partial charge in [-0.2, -0.15) is 5.10 Å². The van der Waals surface area contributed by atoms with Crippen molar-refractivity contribution in [1.29, 1.82) is 0 Å². The number of aryl methyl sites for hydroxylation is 3. The number of non-ortho nitro benzene ring substituents is 1. The molecule has 4 rings (SSSR count). The second-order valence-electron chi connectivity index (χ2n) is 7.94. The van der Waals surface area contributed by atoms with Gasteiger partial charge in [-0.25, -0.2) is 8.42 Å². The van der Waals surface area contributed by atoms with E-state index in [0.29, 0.717) is 5.69 Å². The number of sulfonamides is 1. The van der Waals surface area contributed by atoms with Crippen LogP contribution in [-0.2, 0) is 10.0 Å². The quantitative estimate of drug-likeness (QED) is 0.190. The van der Waals surface area contributed by atoms with Gasteiger partial charge in [0.15, 0.2) is 0 Å². The third-order valence-electron chi connectivity index (χ3n) is 5.41. The Kier molecular flexibility index (Phi) is 6.08. The van der Waals surface area contributed by atoms with Crippen LogP contribution in [0, 0.1) is 30.9 Å². The van der Waals surface area contributed by atoms with E-state index >= 15 is 0 Å². The summed E-state index contributed by atoms with van der Waals surface area (Å²) in [7, 11) is -4.16. The van der Waals surface area contributed by atoms with Gasteiger partial charge in [0.2, 0.25) is 0 Å². The largest absolute Gasteiger partial charge is 0.358 e. The molecule has 3 aromatic carbocycles. The van der Waals surface area contributed by atoms with E-state index in [9.17, 15) is 18.5 Å². The molecule has 0 unspecified atom stereocenters. The summed E-state index contributed by atoms with van der Waals surface area (Å²) in [5.41, 5.74) is 7.32. The highest BCUT2D eigenvalue weighted by Gasteiger charge is 2.23. The minimum absolute atomic E-state index is 0.108. The summed E-state index contributed by atoms with van der Waals surface area (Å²) in [5.74, 6) is 0. The first-order valence-corrected chi connectivity index (χ1v) is 11.9. The van der Waals surface area contributed by atoms with Crippen molar-refractivity contribution in [2.24, 2.45) is 5.10 Å². The Morgan fingerprint density at radius 3 is 2.47 bits per heavy atom. The zero-order valence-electron chi connectivity index (χ0n) is 18.8. The van der Waals surface area contributed by atoms with Crippen molar-refractivity contribution in [3.8, 4) is 0 Å². The number of benzene rings is 3. The van der Waals surface area contributed by atoms with Crippen LogP contribution < -0.4 is 10.1 Å². The molecule has 174 valence electrons. The van der Waals surface area contributed by atoms with Crippen molar-refractivity contribution >= 4 is 44.2 Å². The van der Waals surface area contributed by atoms with Gasteiger partial charge >= 0.3 is 0 Å². The zero-order valence-corrected chi connectivity index (χ0v) is 19.6. The summed E-state index contributed by atoms with van der Waals surface area (Å²) in [6, 6.07) is 16.6. The highest BCUT2D eigenvalue weighted by atomic mass is 32.2. The van der Waals surface area contributed by atoms with Gasteiger partial charge in [0.05, 0.1) is 22.5 Å². The molecular formula is C24H23N5O4S. The molecule has 0 amide bonds. The Morgan fingerprint density at radius 1 is 1.00 bits per heavy atom. The van der Waals surface area contributed by atoms with Crippen molar-refractivity contribution in [3.05, 3.63) is 93.2 Å². The predicted molar refractivity (Wildman–Crippen MR) is 134 cm³/mol. The van der Waals surface area contributed by atoms with E-state index in [1.807, 2.05) is 44.2 Å². The Bertz CT molecular complexity index is 1540. The van der Waals surface area contributed by atoms with Crippen molar-refractivity contribution in [1.82, 2.24) is 4.98 Å². The molecule has 0 atom stereocenters. The molecule has 4 aromatic rings. The first-order valence-electron chi connectivity index (χ1n) is 10.4. The lowest BCUT2D eigenvalue weighted by atomic mass is 10.1. The van der Waals surface area contributed by atoms with E-state index in [1.165, 1.54) is 12.1 Å². The number of nitro benzene ring substituents is 1. The number of H-pyrrole nitrogens is 1. The van der Waals surface area contributed by atoms with Crippen LogP contribution in [0.3, 0.4) is 0 Å². The van der Waals surface area contributed by atoms with Crippen molar-refractivity contribution in [3.63, 3.8) is 0 Å². The monoisotopic (exact) mass is 477 g/mol. The number of para-hydroxylation sites is 1. The molecule has 1 heterocycles. The molecule has 0 bridgehead atoms. The Balaban J connectivity index is 1.69. The maximum Gasteiger partial charge on any atom is 0.270 e. The van der Waals surface area contributed by atoms with E-state index < -0.39 is 14.9 Å². The fourth-order valence-electron chi connectivity index (χ4n) is 3.70. The van der Waals surface area contributed by atoms with Gasteiger partial charge in [-0.05, 0) is 44.5 Å². The number of fused-ring (bicyclic) bond motifs is 1. The van der Waals surface area contributed by atoms with Crippen LogP contribution in [0.4, 0.5) is 17.1 Å². The van der Waals surface area contributed by atoms with Crippen LogP contribution in [0.1, 0.15) is 22.4 Å². The SMILES string of the molecule is Cc1ccc(NS(=O)(=O)c2cc([N+](=O)[O-])ccc2N/N=C/c2c(C)[nH]c3ccccc23)c(C)c1. The summed E-state index contributed by atoms with van der Waals surface area (Å²) < 4.78 is 29.0. The summed E-state index contributed by atoms with van der Waals surface area (Å²) in [6.45, 7) is 5.60. The third-order valence-corrected chi connectivity index (χ3v) is 6.82. The zero-order chi connectivity index (χ0) is 24.5. The number of hydrazone groups is 1. The highest BCUT2D eigenvalue weighted by molar-refractivity contribution is 7.92. The van der Waals surface area contributed by atoms with Crippen molar-refractivity contribution < 1.29 is 13.3 Å². The van der Waals surface area contributed by atoms with E-state index in [2.05, 4.69) is 20.2 Å². The van der Waals surface area contributed by atoms with Gasteiger partial charge in [0.25, 0.3) is 15.7 Å². The molecule has 0 aliphatic rings. The Hall–Kier alpha value is -4.18. The molecule has 9 nitrogen and oxygen atoms in total. The fourth-order valence-corrected chi connectivity index (χ4v) is 5.01. The minimum atomic E-state index is -4.16. The van der Waals surface area contributed by atoms with Gasteiger partial charge in [-0.3, -0.25) is 20.3 Å². The number of hydrogen-bond acceptors (Lipinski definition) is 6. The topological polar surface area (TPSA) is 129 Å². The first-order chi connectivity index (χ1) is 16.2. The third kappa shape index (κ3) is 4.62. The number of anilines is 2. The van der Waals surface area contributed by atoms with Crippen LogP contribution in [0.25, 0.3) is 10.9 Å². The number of aromatic nitrogens is 1. The minimum Gasteiger partial charge on any atom is -0.358 e. The average molecular weight is 478 g/mol. The van der Waals surface area contributed by atoms with E-state index in [-0.39, 0.29) is 16.3 Å². The Morgan fingerprint density at radius 2 is 1.74 bits per heavy atom. The number of nitrogens with zero attached hydrogens (tertiary/aromatic N) is 2. The molecule has 0 aliphatic carbocycles. The van der Waals surface area contributed by atoms with Crippen LogP contribution in [0.2, 0.25) is 0 Å². The normalized spacial score (nSPS) is 11.7. The number of aromatic amines is 1. The lowest BCUT2D eigenvalue weighted by Crippen LogP contribution is -2.16. The highest BCUT2D eigenvalue weighted by Crippen LogP contribution is 2.29. The Labute approximate surface area is 196 Å². The second kappa shape index (κ2) is 8.99. The summed E-state index contributed by atoms with van der Waals surface area (Å²) in [6.07, 6.45) is 1.59. The van der Waals surface area contributed by atoms with E-state index in [0.717, 1.165) is 39.4 Å². The summed E-state index contributed by atoms with van der Waals surface area (Å²) in [4.78, 5) is 13.7. The molecule has 10 heteroatoms. The lowest BCUT2D eigenvalue weighted by Gasteiger charge is -2.14. The molecule has 0 radical (unpaired) electrons. The molecule has 0 aliphatic heterocycles. The number of nitrogens with one attached hydrogen (secondary N) is 3. The van der Waals surface area contributed by atoms with Crippen molar-refractivity contribution in [2.75, 3.05) is 10.1 Å². The van der Waals surface area contributed by atoms with E-state index in [1.54, 1.807) is 25.3 Å². The smallest absolute Gasteiger partial charge is 0.270 e. The molecule has 0 saturated carbocycles. The summed E-state index contributed by atoms with van der Waals surface area (Å²) >= 11 is 0. The number of nitro groups is 1. The second-order valence-corrected chi connectivity index (χ2v) is 9.59. The van der Waals surface area contributed by atoms with Gasteiger partial charge in [-0.1, -0.05) is 35.9 Å². The fraction of sp³-hybridized carbons (Fsp3) is 0.125. The van der Waals surface area contributed by atoms with Gasteiger partial charge in [0, 0.05) is 34.3 Å². The lowest BCUT2D eigenvalue weighted by molar-refractivity contribution is -0.385. The maximum absolute atomic E-state index is 13.2. The molecule has 34 heavy (non-hydrogen) atoms. The standard InChI is InChI=1S/C24H23N5O4S/c1-15-8-10-21(16(2)12-15)28-34(32,33)24-13-18(29(30)31)9-11-23(24)27-25-14-20-17(3)26-22-7-5-4-6-19(20)22/h4-14,26-28H,1-3H3/b25-14+. The molecule has 3 N–H and O–H groups in total. The number of rotatable bonds is 7. The number of hydrogen-bond donors (Lipinski definition) is 3. The van der Waals surface area contributed by atoms with Crippen LogP contribution >= 0.6 is 0 Å². The molecule has 0 saturated heterocycles. The molecular weight excluding hydrogens is 454 g/mol. The van der Waals surface area contributed by atoms with Gasteiger partial charge in [-0.15, -0.1) is 0 Å². The molecule has 0 spiro atoms. The van der Waals surface area contributed by atoms with Crippen molar-refractivity contribution in [2.45, 2.75) is 25.7 Å². The maximum atomic E-state index is 13.2. The van der Waals surface area contributed by atoms with Crippen LogP contribution in [0.15, 0.2) is 70.7 Å². The molecule has 1 aromatic heterocycles. The van der Waals surface area contributed by atoms with E-state index in [4.69, 9.17) is 0 Å². The first kappa shape index (κ1) is 23.0. The van der Waals surface area contributed by atoms with Gasteiger partial charge < -0.3 is 4.98 Å². The van der Waals surface area contributed by atoms with Gasteiger partial charge in [0.1, 0.15) is 4.90 Å². The molecule has 0 fully saturated rings. The van der Waals surface area contributed by atoms with Crippen LogP contribution in [-0.4, -0.2) is 24.5 Å². The average Bonchev–Trinajstić information content (AvgIpc) is 3.11. The van der Waals surface area contributed by atoms with Crippen LogP contribution in [0.5, 0.6) is 0 Å². The predicted octanol–water partition coefficient (Wildman–Crippen LogP) is 5.25. The summed E-state index contributed by atoms with van der Waals surface area (Å²) in [5, 5.41) is 16.5.